The molecule has 0 unspecified atom stereocenters. The van der Waals surface area contributed by atoms with Gasteiger partial charge in [0.1, 0.15) is 18.3 Å². The predicted octanol–water partition coefficient (Wildman–Crippen LogP) is 2.52. The van der Waals surface area contributed by atoms with E-state index in [1.807, 2.05) is 60.7 Å². The summed E-state index contributed by atoms with van der Waals surface area (Å²) in [5.41, 5.74) is 2.13. The zero-order chi connectivity index (χ0) is 17.5. The van der Waals surface area contributed by atoms with Gasteiger partial charge in [0.15, 0.2) is 6.29 Å². The van der Waals surface area contributed by atoms with E-state index in [9.17, 15) is 5.11 Å². The minimum absolute atomic E-state index is 0.325. The van der Waals surface area contributed by atoms with E-state index in [0.29, 0.717) is 19.8 Å². The standard InChI is InChI=1S/C20H24O5/c1-22-20-18(21)19(24-13-16-10-6-3-7-11-16)17(25-20)14-23-12-15-8-4-2-5-9-15/h2-11,17-21H,12-14H2,1H3/t17-,18+,19+,20-/m1/s1. The molecule has 1 aliphatic rings. The molecule has 2 aromatic rings. The number of methoxy groups -OCH3 is 1. The predicted molar refractivity (Wildman–Crippen MR) is 92.8 cm³/mol. The quantitative estimate of drug-likeness (QED) is 0.797. The van der Waals surface area contributed by atoms with Crippen molar-refractivity contribution in [1.29, 1.82) is 0 Å². The van der Waals surface area contributed by atoms with Gasteiger partial charge in [-0.3, -0.25) is 0 Å². The van der Waals surface area contributed by atoms with Crippen LogP contribution in [0, 0.1) is 0 Å². The van der Waals surface area contributed by atoms with E-state index in [1.54, 1.807) is 0 Å². The Hall–Kier alpha value is -1.76. The molecule has 0 aliphatic carbocycles. The Morgan fingerprint density at radius 3 is 2.12 bits per heavy atom. The van der Waals surface area contributed by atoms with Crippen molar-refractivity contribution in [3.8, 4) is 0 Å². The zero-order valence-electron chi connectivity index (χ0n) is 14.3. The minimum Gasteiger partial charge on any atom is -0.385 e. The fourth-order valence-electron chi connectivity index (χ4n) is 2.87. The van der Waals surface area contributed by atoms with Crippen LogP contribution in [-0.4, -0.2) is 43.4 Å². The van der Waals surface area contributed by atoms with Gasteiger partial charge < -0.3 is 24.1 Å². The van der Waals surface area contributed by atoms with Crippen molar-refractivity contribution in [2.45, 2.75) is 37.8 Å². The average molecular weight is 344 g/mol. The molecule has 0 bridgehead atoms. The summed E-state index contributed by atoms with van der Waals surface area (Å²) in [5, 5.41) is 10.4. The van der Waals surface area contributed by atoms with E-state index in [2.05, 4.69) is 0 Å². The molecule has 134 valence electrons. The van der Waals surface area contributed by atoms with Gasteiger partial charge in [0.25, 0.3) is 0 Å². The molecule has 0 spiro atoms. The van der Waals surface area contributed by atoms with E-state index in [-0.39, 0.29) is 6.10 Å². The van der Waals surface area contributed by atoms with E-state index < -0.39 is 18.5 Å². The Morgan fingerprint density at radius 2 is 1.52 bits per heavy atom. The molecule has 1 N–H and O–H groups in total. The fraction of sp³-hybridized carbons (Fsp3) is 0.400. The number of benzene rings is 2. The lowest BCUT2D eigenvalue weighted by Crippen LogP contribution is -2.37. The van der Waals surface area contributed by atoms with Crippen molar-refractivity contribution in [2.75, 3.05) is 13.7 Å². The molecule has 1 aliphatic heterocycles. The van der Waals surface area contributed by atoms with E-state index in [0.717, 1.165) is 11.1 Å². The van der Waals surface area contributed by atoms with Crippen molar-refractivity contribution in [3.63, 3.8) is 0 Å². The van der Waals surface area contributed by atoms with Crippen molar-refractivity contribution >= 4 is 0 Å². The first-order valence-corrected chi connectivity index (χ1v) is 8.41. The lowest BCUT2D eigenvalue weighted by atomic mass is 10.1. The molecule has 1 saturated heterocycles. The van der Waals surface area contributed by atoms with E-state index >= 15 is 0 Å². The van der Waals surface area contributed by atoms with Gasteiger partial charge in [0.05, 0.1) is 19.8 Å². The molecule has 3 rings (SSSR count). The number of ether oxygens (including phenoxy) is 4. The second kappa shape index (κ2) is 9.08. The molecule has 5 heteroatoms. The molecule has 1 fully saturated rings. The first-order valence-electron chi connectivity index (χ1n) is 8.41. The van der Waals surface area contributed by atoms with Gasteiger partial charge in [0, 0.05) is 7.11 Å². The van der Waals surface area contributed by atoms with Crippen LogP contribution >= 0.6 is 0 Å². The van der Waals surface area contributed by atoms with Crippen LogP contribution in [0.1, 0.15) is 11.1 Å². The summed E-state index contributed by atoms with van der Waals surface area (Å²) >= 11 is 0. The topological polar surface area (TPSA) is 57.2 Å². The number of hydrogen-bond acceptors (Lipinski definition) is 5. The molecule has 2 aromatic carbocycles. The average Bonchev–Trinajstić information content (AvgIpc) is 2.97. The van der Waals surface area contributed by atoms with Crippen LogP contribution in [0.2, 0.25) is 0 Å². The summed E-state index contributed by atoms with van der Waals surface area (Å²) in [7, 11) is 1.51. The van der Waals surface area contributed by atoms with Crippen LogP contribution in [0.25, 0.3) is 0 Å². The van der Waals surface area contributed by atoms with Crippen molar-refractivity contribution < 1.29 is 24.1 Å². The minimum atomic E-state index is -0.848. The Bertz CT molecular complexity index is 618. The molecule has 4 atom stereocenters. The summed E-state index contributed by atoms with van der Waals surface area (Å²) in [6, 6.07) is 19.8. The lowest BCUT2D eigenvalue weighted by molar-refractivity contribution is -0.156. The third kappa shape index (κ3) is 4.87. The SMILES string of the molecule is CO[C@@H]1O[C@H](COCc2ccccc2)[C@H](OCc2ccccc2)[C@@H]1O. The molecule has 5 nitrogen and oxygen atoms in total. The summed E-state index contributed by atoms with van der Waals surface area (Å²) in [5.74, 6) is 0. The number of aliphatic hydroxyl groups is 1. The highest BCUT2D eigenvalue weighted by Gasteiger charge is 2.44. The maximum atomic E-state index is 10.4. The summed E-state index contributed by atoms with van der Waals surface area (Å²) in [4.78, 5) is 0. The van der Waals surface area contributed by atoms with Gasteiger partial charge in [-0.15, -0.1) is 0 Å². The molecule has 0 radical (unpaired) electrons. The summed E-state index contributed by atoms with van der Waals surface area (Å²) in [6.45, 7) is 1.21. The van der Waals surface area contributed by atoms with Gasteiger partial charge in [-0.25, -0.2) is 0 Å². The lowest BCUT2D eigenvalue weighted by Gasteiger charge is -2.20. The van der Waals surface area contributed by atoms with Gasteiger partial charge in [0.2, 0.25) is 0 Å². The second-order valence-electron chi connectivity index (χ2n) is 6.03. The molecule has 0 aromatic heterocycles. The summed E-state index contributed by atoms with van der Waals surface area (Å²) < 4.78 is 22.6. The number of hydrogen-bond donors (Lipinski definition) is 1. The zero-order valence-corrected chi connectivity index (χ0v) is 14.3. The van der Waals surface area contributed by atoms with Crippen LogP contribution in [-0.2, 0) is 32.2 Å². The van der Waals surface area contributed by atoms with Gasteiger partial charge >= 0.3 is 0 Å². The molecule has 0 saturated carbocycles. The number of aliphatic hydroxyl groups excluding tert-OH is 1. The monoisotopic (exact) mass is 344 g/mol. The Balaban J connectivity index is 1.55. The van der Waals surface area contributed by atoms with Crippen molar-refractivity contribution in [2.24, 2.45) is 0 Å². The molecule has 25 heavy (non-hydrogen) atoms. The first-order chi connectivity index (χ1) is 12.3. The van der Waals surface area contributed by atoms with Crippen molar-refractivity contribution in [3.05, 3.63) is 71.8 Å². The Labute approximate surface area is 148 Å². The van der Waals surface area contributed by atoms with Crippen LogP contribution < -0.4 is 0 Å². The van der Waals surface area contributed by atoms with Gasteiger partial charge in [-0.05, 0) is 11.1 Å². The third-order valence-corrected chi connectivity index (χ3v) is 4.20. The van der Waals surface area contributed by atoms with Crippen molar-refractivity contribution in [1.82, 2.24) is 0 Å². The first kappa shape index (κ1) is 18.0. The number of rotatable bonds is 8. The second-order valence-corrected chi connectivity index (χ2v) is 6.03. The highest BCUT2D eigenvalue weighted by molar-refractivity contribution is 5.14. The maximum Gasteiger partial charge on any atom is 0.186 e. The van der Waals surface area contributed by atoms with Crippen LogP contribution in [0.3, 0.4) is 0 Å². The maximum absolute atomic E-state index is 10.4. The van der Waals surface area contributed by atoms with Gasteiger partial charge in [-0.2, -0.15) is 0 Å². The molecular formula is C20H24O5. The molecule has 0 amide bonds. The fourth-order valence-corrected chi connectivity index (χ4v) is 2.87. The molecular weight excluding hydrogens is 320 g/mol. The van der Waals surface area contributed by atoms with Gasteiger partial charge in [-0.1, -0.05) is 60.7 Å². The highest BCUT2D eigenvalue weighted by Crippen LogP contribution is 2.26. The smallest absolute Gasteiger partial charge is 0.186 e. The van der Waals surface area contributed by atoms with Crippen LogP contribution in [0.5, 0.6) is 0 Å². The third-order valence-electron chi connectivity index (χ3n) is 4.20. The molecule has 1 heterocycles. The highest BCUT2D eigenvalue weighted by atomic mass is 16.7. The van der Waals surface area contributed by atoms with E-state index in [1.165, 1.54) is 7.11 Å². The van der Waals surface area contributed by atoms with Crippen LogP contribution in [0.15, 0.2) is 60.7 Å². The van der Waals surface area contributed by atoms with Crippen LogP contribution in [0.4, 0.5) is 0 Å². The Kier molecular flexibility index (Phi) is 6.55. The largest absolute Gasteiger partial charge is 0.385 e. The van der Waals surface area contributed by atoms with E-state index in [4.69, 9.17) is 18.9 Å². The summed E-state index contributed by atoms with van der Waals surface area (Å²) in [6.07, 6.45) is -2.43. The normalized spacial score (nSPS) is 26.0. The Morgan fingerprint density at radius 1 is 0.920 bits per heavy atom.